The summed E-state index contributed by atoms with van der Waals surface area (Å²) in [5.74, 6) is -1.52. The van der Waals surface area contributed by atoms with Crippen molar-refractivity contribution in [2.45, 2.75) is 24.2 Å². The summed E-state index contributed by atoms with van der Waals surface area (Å²) in [7, 11) is -3.98. The predicted octanol–water partition coefficient (Wildman–Crippen LogP) is 2.59. The molecule has 2 N–H and O–H groups in total. The van der Waals surface area contributed by atoms with Crippen LogP contribution in [0.15, 0.2) is 41.4 Å². The van der Waals surface area contributed by atoms with Gasteiger partial charge in [-0.3, -0.25) is 9.52 Å². The number of benzene rings is 1. The fraction of sp³-hybridized carbons (Fsp3) is 0.333. The van der Waals surface area contributed by atoms with Crippen LogP contribution in [-0.4, -0.2) is 43.8 Å². The lowest BCUT2D eigenvalue weighted by atomic mass is 10.3. The van der Waals surface area contributed by atoms with Gasteiger partial charge in [-0.2, -0.15) is 0 Å². The van der Waals surface area contributed by atoms with Crippen molar-refractivity contribution in [2.24, 2.45) is 0 Å². The van der Waals surface area contributed by atoms with Crippen LogP contribution in [0.4, 0.5) is 20.3 Å². The number of pyridine rings is 1. The fourth-order valence-corrected chi connectivity index (χ4v) is 3.84. The summed E-state index contributed by atoms with van der Waals surface area (Å²) in [4.78, 5) is 17.3. The number of nitrogens with zero attached hydrogens (tertiary/aromatic N) is 2. The van der Waals surface area contributed by atoms with E-state index in [0.717, 1.165) is 37.6 Å². The second-order valence-electron chi connectivity index (χ2n) is 6.38. The van der Waals surface area contributed by atoms with Crippen molar-refractivity contribution in [1.82, 2.24) is 9.88 Å². The number of aromatic nitrogens is 1. The molecular formula is C18H20F2N4O3S. The SMILES string of the molecule is O=C1CCCN1CCCNc1ccc(S(=O)(=O)Nc2ccc(F)c(F)c2)cn1. The number of amides is 1. The standard InChI is InChI=1S/C18H20F2N4O3S/c19-15-6-4-13(11-16(15)20)23-28(26,27)14-5-7-17(22-12-14)21-8-2-10-24-9-1-3-18(24)25/h4-7,11-12,23H,1-3,8-10H2,(H,21,22). The third-order valence-corrected chi connectivity index (χ3v) is 5.67. The van der Waals surface area contributed by atoms with Crippen molar-refractivity contribution in [3.63, 3.8) is 0 Å². The van der Waals surface area contributed by atoms with Gasteiger partial charge in [0.05, 0.1) is 5.69 Å². The summed E-state index contributed by atoms with van der Waals surface area (Å²) in [6.07, 6.45) is 3.45. The molecule has 150 valence electrons. The summed E-state index contributed by atoms with van der Waals surface area (Å²) >= 11 is 0. The highest BCUT2D eigenvalue weighted by Gasteiger charge is 2.19. The molecule has 0 aliphatic carbocycles. The van der Waals surface area contributed by atoms with Crippen LogP contribution in [0.3, 0.4) is 0 Å². The van der Waals surface area contributed by atoms with Gasteiger partial charge in [-0.25, -0.2) is 22.2 Å². The zero-order valence-corrected chi connectivity index (χ0v) is 15.8. The molecule has 1 aromatic carbocycles. The zero-order chi connectivity index (χ0) is 20.1. The molecule has 1 fully saturated rings. The molecule has 1 amide bonds. The highest BCUT2D eigenvalue weighted by atomic mass is 32.2. The van der Waals surface area contributed by atoms with Crippen LogP contribution < -0.4 is 10.0 Å². The molecule has 0 spiro atoms. The van der Waals surface area contributed by atoms with Crippen molar-refractivity contribution in [3.05, 3.63) is 48.2 Å². The second-order valence-corrected chi connectivity index (χ2v) is 8.06. The second kappa shape index (κ2) is 8.51. The minimum absolute atomic E-state index is 0.0856. The van der Waals surface area contributed by atoms with Gasteiger partial charge in [0.25, 0.3) is 10.0 Å². The number of sulfonamides is 1. The molecule has 0 atom stereocenters. The molecule has 0 bridgehead atoms. The number of carbonyl (C=O) groups excluding carboxylic acids is 1. The zero-order valence-electron chi connectivity index (χ0n) is 15.0. The highest BCUT2D eigenvalue weighted by molar-refractivity contribution is 7.92. The van der Waals surface area contributed by atoms with Gasteiger partial charge >= 0.3 is 0 Å². The van der Waals surface area contributed by atoms with Gasteiger partial charge in [0.2, 0.25) is 5.91 Å². The third kappa shape index (κ3) is 4.94. The number of halogens is 2. The Hall–Kier alpha value is -2.75. The molecule has 1 aliphatic rings. The van der Waals surface area contributed by atoms with Gasteiger partial charge in [-0.15, -0.1) is 0 Å². The Bertz CT molecular complexity index is 952. The Balaban J connectivity index is 1.53. The maximum Gasteiger partial charge on any atom is 0.263 e. The van der Waals surface area contributed by atoms with Crippen LogP contribution in [0, 0.1) is 11.6 Å². The van der Waals surface area contributed by atoms with Gasteiger partial charge in [-0.1, -0.05) is 0 Å². The lowest BCUT2D eigenvalue weighted by molar-refractivity contribution is -0.127. The molecule has 1 saturated heterocycles. The van der Waals surface area contributed by atoms with Crippen LogP contribution in [0.1, 0.15) is 19.3 Å². The summed E-state index contributed by atoms with van der Waals surface area (Å²) < 4.78 is 53.0. The van der Waals surface area contributed by atoms with Gasteiger partial charge in [0.1, 0.15) is 10.7 Å². The predicted molar refractivity (Wildman–Crippen MR) is 100 cm³/mol. The molecule has 1 aromatic heterocycles. The van der Waals surface area contributed by atoms with E-state index in [1.807, 2.05) is 4.90 Å². The first kappa shape index (κ1) is 20.0. The maximum absolute atomic E-state index is 13.2. The topological polar surface area (TPSA) is 91.4 Å². The van der Waals surface area contributed by atoms with E-state index < -0.39 is 21.7 Å². The molecule has 7 nitrogen and oxygen atoms in total. The molecule has 10 heteroatoms. The van der Waals surface area contributed by atoms with E-state index in [2.05, 4.69) is 15.0 Å². The first-order chi connectivity index (χ1) is 13.3. The van der Waals surface area contributed by atoms with Gasteiger partial charge in [0, 0.05) is 38.3 Å². The Morgan fingerprint density at radius 3 is 2.61 bits per heavy atom. The van der Waals surface area contributed by atoms with Crippen molar-refractivity contribution >= 4 is 27.4 Å². The molecule has 0 saturated carbocycles. The first-order valence-electron chi connectivity index (χ1n) is 8.81. The Kier molecular flexibility index (Phi) is 6.08. The van der Waals surface area contributed by atoms with Gasteiger partial charge in [-0.05, 0) is 37.1 Å². The van der Waals surface area contributed by atoms with Crippen molar-refractivity contribution < 1.29 is 22.0 Å². The van der Waals surface area contributed by atoms with E-state index in [4.69, 9.17) is 0 Å². The monoisotopic (exact) mass is 410 g/mol. The lowest BCUT2D eigenvalue weighted by Crippen LogP contribution is -2.27. The van der Waals surface area contributed by atoms with Gasteiger partial charge < -0.3 is 10.2 Å². The normalized spacial score (nSPS) is 14.4. The number of likely N-dealkylation sites (tertiary alicyclic amines) is 1. The summed E-state index contributed by atoms with van der Waals surface area (Å²) in [6.45, 7) is 2.07. The van der Waals surface area contributed by atoms with Crippen LogP contribution in [0.2, 0.25) is 0 Å². The largest absolute Gasteiger partial charge is 0.370 e. The van der Waals surface area contributed by atoms with E-state index in [1.165, 1.54) is 18.3 Å². The molecule has 1 aliphatic heterocycles. The Morgan fingerprint density at radius 2 is 1.96 bits per heavy atom. The summed E-state index contributed by atoms with van der Waals surface area (Å²) in [5, 5.41) is 3.07. The molecule has 2 heterocycles. The number of hydrogen-bond acceptors (Lipinski definition) is 5. The quantitative estimate of drug-likeness (QED) is 0.653. The average Bonchev–Trinajstić information content (AvgIpc) is 3.07. The van der Waals surface area contributed by atoms with Crippen LogP contribution in [0.5, 0.6) is 0 Å². The number of rotatable bonds is 8. The van der Waals surface area contributed by atoms with E-state index in [0.29, 0.717) is 25.3 Å². The first-order valence-corrected chi connectivity index (χ1v) is 10.3. The van der Waals surface area contributed by atoms with Crippen LogP contribution in [0.25, 0.3) is 0 Å². The minimum Gasteiger partial charge on any atom is -0.370 e. The minimum atomic E-state index is -3.98. The summed E-state index contributed by atoms with van der Waals surface area (Å²) in [5.41, 5.74) is -0.0856. The lowest BCUT2D eigenvalue weighted by Gasteiger charge is -2.15. The van der Waals surface area contributed by atoms with E-state index in [9.17, 15) is 22.0 Å². The Morgan fingerprint density at radius 1 is 1.14 bits per heavy atom. The molecule has 0 unspecified atom stereocenters. The average molecular weight is 410 g/mol. The van der Waals surface area contributed by atoms with Crippen LogP contribution in [-0.2, 0) is 14.8 Å². The smallest absolute Gasteiger partial charge is 0.263 e. The number of anilines is 2. The van der Waals surface area contributed by atoms with Crippen molar-refractivity contribution in [2.75, 3.05) is 29.7 Å². The van der Waals surface area contributed by atoms with Crippen molar-refractivity contribution in [3.8, 4) is 0 Å². The van der Waals surface area contributed by atoms with Gasteiger partial charge in [0.15, 0.2) is 11.6 Å². The van der Waals surface area contributed by atoms with E-state index in [-0.39, 0.29) is 16.5 Å². The third-order valence-electron chi connectivity index (χ3n) is 4.30. The molecular weight excluding hydrogens is 390 g/mol. The Labute approximate surface area is 161 Å². The number of carbonyl (C=O) groups is 1. The number of hydrogen-bond donors (Lipinski definition) is 2. The maximum atomic E-state index is 13.2. The number of nitrogens with one attached hydrogen (secondary N) is 2. The fourth-order valence-electron chi connectivity index (χ4n) is 2.84. The summed E-state index contributed by atoms with van der Waals surface area (Å²) in [6, 6.07) is 5.61. The molecule has 0 radical (unpaired) electrons. The van der Waals surface area contributed by atoms with E-state index in [1.54, 1.807) is 0 Å². The highest BCUT2D eigenvalue weighted by Crippen LogP contribution is 2.19. The molecule has 2 aromatic rings. The van der Waals surface area contributed by atoms with Crippen molar-refractivity contribution in [1.29, 1.82) is 0 Å². The van der Waals surface area contributed by atoms with Crippen LogP contribution >= 0.6 is 0 Å². The molecule has 28 heavy (non-hydrogen) atoms. The van der Waals surface area contributed by atoms with E-state index >= 15 is 0 Å². The molecule has 3 rings (SSSR count).